The Balaban J connectivity index is 1.43. The van der Waals surface area contributed by atoms with Crippen molar-refractivity contribution in [1.82, 2.24) is 30.1 Å². The number of para-hydroxylation sites is 1. The molecule has 0 radical (unpaired) electrons. The fourth-order valence-corrected chi connectivity index (χ4v) is 5.46. The SMILES string of the molecule is Cc1cccc2cc(CN(Cc3nnnn3C3CCCCC3)C3CCCC3)c(=O)[nH]c12. The van der Waals surface area contributed by atoms with Gasteiger partial charge in [0.1, 0.15) is 0 Å². The number of nitrogens with zero attached hydrogens (tertiary/aromatic N) is 5. The van der Waals surface area contributed by atoms with Crippen LogP contribution < -0.4 is 5.56 Å². The molecule has 7 nitrogen and oxygen atoms in total. The molecule has 0 unspecified atom stereocenters. The number of fused-ring (bicyclic) bond motifs is 1. The van der Waals surface area contributed by atoms with E-state index < -0.39 is 0 Å². The molecular weight excluding hydrogens is 388 g/mol. The van der Waals surface area contributed by atoms with E-state index in [4.69, 9.17) is 0 Å². The summed E-state index contributed by atoms with van der Waals surface area (Å²) in [5.41, 5.74) is 2.86. The van der Waals surface area contributed by atoms with Crippen LogP contribution in [0, 0.1) is 6.92 Å². The zero-order chi connectivity index (χ0) is 21.2. The number of nitrogens with one attached hydrogen (secondary N) is 1. The van der Waals surface area contributed by atoms with E-state index in [1.165, 1.54) is 44.9 Å². The first-order valence-electron chi connectivity index (χ1n) is 11.8. The van der Waals surface area contributed by atoms with Crippen molar-refractivity contribution in [2.75, 3.05) is 0 Å². The van der Waals surface area contributed by atoms with Crippen LogP contribution in [-0.2, 0) is 13.1 Å². The highest BCUT2D eigenvalue weighted by Gasteiger charge is 2.27. The van der Waals surface area contributed by atoms with Gasteiger partial charge >= 0.3 is 0 Å². The number of aromatic amines is 1. The molecule has 0 spiro atoms. The summed E-state index contributed by atoms with van der Waals surface area (Å²) in [6, 6.07) is 9.11. The average molecular weight is 421 g/mol. The predicted molar refractivity (Wildman–Crippen MR) is 121 cm³/mol. The first-order valence-corrected chi connectivity index (χ1v) is 11.8. The minimum Gasteiger partial charge on any atom is -0.321 e. The Labute approximate surface area is 182 Å². The normalized spacial score (nSPS) is 18.4. The lowest BCUT2D eigenvalue weighted by atomic mass is 9.95. The Hall–Kier alpha value is -2.54. The third-order valence-electron chi connectivity index (χ3n) is 7.21. The third kappa shape index (κ3) is 4.28. The molecule has 2 saturated carbocycles. The van der Waals surface area contributed by atoms with Crippen LogP contribution in [0.25, 0.3) is 10.9 Å². The van der Waals surface area contributed by atoms with Gasteiger partial charge in [-0.3, -0.25) is 9.69 Å². The van der Waals surface area contributed by atoms with E-state index in [2.05, 4.69) is 42.2 Å². The summed E-state index contributed by atoms with van der Waals surface area (Å²) in [5.74, 6) is 0.937. The lowest BCUT2D eigenvalue weighted by Gasteiger charge is -2.29. The van der Waals surface area contributed by atoms with Gasteiger partial charge in [0.05, 0.1) is 18.1 Å². The second-order valence-corrected chi connectivity index (χ2v) is 9.34. The van der Waals surface area contributed by atoms with Crippen LogP contribution in [0.3, 0.4) is 0 Å². The largest absolute Gasteiger partial charge is 0.321 e. The molecule has 2 aliphatic carbocycles. The number of aryl methyl sites for hydroxylation is 1. The molecule has 7 heteroatoms. The van der Waals surface area contributed by atoms with Crippen molar-refractivity contribution in [2.24, 2.45) is 0 Å². The fourth-order valence-electron chi connectivity index (χ4n) is 5.46. The number of aromatic nitrogens is 5. The molecular formula is C24H32N6O. The van der Waals surface area contributed by atoms with Gasteiger partial charge in [0.15, 0.2) is 5.82 Å². The Bertz CT molecular complexity index is 1090. The lowest BCUT2D eigenvalue weighted by molar-refractivity contribution is 0.168. The molecule has 0 atom stereocenters. The van der Waals surface area contributed by atoms with E-state index in [-0.39, 0.29) is 5.56 Å². The minimum atomic E-state index is 0.0108. The molecule has 1 N–H and O–H groups in total. The molecule has 1 aromatic carbocycles. The van der Waals surface area contributed by atoms with Crippen LogP contribution >= 0.6 is 0 Å². The highest BCUT2D eigenvalue weighted by molar-refractivity contribution is 5.81. The van der Waals surface area contributed by atoms with Gasteiger partial charge in [-0.2, -0.15) is 0 Å². The summed E-state index contributed by atoms with van der Waals surface area (Å²) in [6.07, 6.45) is 11.0. The Morgan fingerprint density at radius 3 is 2.65 bits per heavy atom. The first kappa shape index (κ1) is 20.4. The van der Waals surface area contributed by atoms with E-state index in [0.717, 1.165) is 40.7 Å². The summed E-state index contributed by atoms with van der Waals surface area (Å²) in [7, 11) is 0. The standard InChI is InChI=1S/C24H32N6O/c1-17-8-7-9-18-14-19(24(31)25-23(17)18)15-29(20-10-5-6-11-20)16-22-26-27-28-30(22)21-12-3-2-4-13-21/h7-9,14,20-21H,2-6,10-13,15-16H2,1H3,(H,25,31). The summed E-state index contributed by atoms with van der Waals surface area (Å²) in [6.45, 7) is 3.36. The maximum atomic E-state index is 12.9. The van der Waals surface area contributed by atoms with E-state index in [1.807, 2.05) is 19.1 Å². The Morgan fingerprint density at radius 1 is 1.06 bits per heavy atom. The highest BCUT2D eigenvalue weighted by Crippen LogP contribution is 2.30. The molecule has 2 aliphatic rings. The van der Waals surface area contributed by atoms with Gasteiger partial charge in [0.2, 0.25) is 0 Å². The summed E-state index contributed by atoms with van der Waals surface area (Å²) >= 11 is 0. The number of benzene rings is 1. The van der Waals surface area contributed by atoms with E-state index in [1.54, 1.807) is 0 Å². The molecule has 0 aliphatic heterocycles. The lowest BCUT2D eigenvalue weighted by Crippen LogP contribution is -2.35. The molecule has 31 heavy (non-hydrogen) atoms. The maximum absolute atomic E-state index is 12.9. The molecule has 2 fully saturated rings. The zero-order valence-electron chi connectivity index (χ0n) is 18.4. The summed E-state index contributed by atoms with van der Waals surface area (Å²) < 4.78 is 2.06. The van der Waals surface area contributed by atoms with Crippen LogP contribution in [0.5, 0.6) is 0 Å². The molecule has 2 aromatic heterocycles. The van der Waals surface area contributed by atoms with Gasteiger partial charge in [-0.05, 0) is 60.0 Å². The molecule has 2 heterocycles. The smallest absolute Gasteiger partial charge is 0.252 e. The average Bonchev–Trinajstić information content (AvgIpc) is 3.47. The maximum Gasteiger partial charge on any atom is 0.252 e. The highest BCUT2D eigenvalue weighted by atomic mass is 16.1. The van der Waals surface area contributed by atoms with Crippen molar-refractivity contribution in [3.05, 3.63) is 51.6 Å². The second kappa shape index (κ2) is 8.91. The molecule has 0 saturated heterocycles. The number of tetrazole rings is 1. The second-order valence-electron chi connectivity index (χ2n) is 9.34. The van der Waals surface area contributed by atoms with Gasteiger partial charge in [-0.1, -0.05) is 50.3 Å². The number of pyridine rings is 1. The van der Waals surface area contributed by atoms with Crippen LogP contribution in [0.2, 0.25) is 0 Å². The van der Waals surface area contributed by atoms with Crippen LogP contribution in [-0.4, -0.2) is 36.1 Å². The van der Waals surface area contributed by atoms with Crippen molar-refractivity contribution in [3.8, 4) is 0 Å². The van der Waals surface area contributed by atoms with Crippen molar-refractivity contribution in [2.45, 2.75) is 89.9 Å². The monoisotopic (exact) mass is 420 g/mol. The van der Waals surface area contributed by atoms with Gasteiger partial charge in [0, 0.05) is 18.2 Å². The Morgan fingerprint density at radius 2 is 1.84 bits per heavy atom. The molecule has 0 bridgehead atoms. The van der Waals surface area contributed by atoms with Crippen molar-refractivity contribution in [3.63, 3.8) is 0 Å². The zero-order valence-corrected chi connectivity index (χ0v) is 18.4. The minimum absolute atomic E-state index is 0.0108. The fraction of sp³-hybridized carbons (Fsp3) is 0.583. The topological polar surface area (TPSA) is 79.7 Å². The van der Waals surface area contributed by atoms with Crippen LogP contribution in [0.15, 0.2) is 29.1 Å². The molecule has 164 valence electrons. The van der Waals surface area contributed by atoms with Crippen molar-refractivity contribution >= 4 is 10.9 Å². The first-order chi connectivity index (χ1) is 15.2. The van der Waals surface area contributed by atoms with E-state index in [0.29, 0.717) is 25.2 Å². The van der Waals surface area contributed by atoms with E-state index in [9.17, 15) is 4.79 Å². The number of hydrogen-bond donors (Lipinski definition) is 1. The molecule has 0 amide bonds. The Kier molecular flexibility index (Phi) is 5.85. The van der Waals surface area contributed by atoms with Crippen LogP contribution in [0.1, 0.15) is 80.8 Å². The van der Waals surface area contributed by atoms with Crippen molar-refractivity contribution < 1.29 is 0 Å². The van der Waals surface area contributed by atoms with Crippen molar-refractivity contribution in [1.29, 1.82) is 0 Å². The van der Waals surface area contributed by atoms with Crippen LogP contribution in [0.4, 0.5) is 0 Å². The molecule has 5 rings (SSSR count). The van der Waals surface area contributed by atoms with Gasteiger partial charge < -0.3 is 4.98 Å². The molecule has 3 aromatic rings. The quantitative estimate of drug-likeness (QED) is 0.644. The summed E-state index contributed by atoms with van der Waals surface area (Å²) in [5, 5.41) is 13.9. The third-order valence-corrected chi connectivity index (χ3v) is 7.21. The van der Waals surface area contributed by atoms with E-state index >= 15 is 0 Å². The summed E-state index contributed by atoms with van der Waals surface area (Å²) in [4.78, 5) is 18.5. The van der Waals surface area contributed by atoms with Gasteiger partial charge in [0.25, 0.3) is 5.56 Å². The van der Waals surface area contributed by atoms with Gasteiger partial charge in [-0.25, -0.2) is 4.68 Å². The number of rotatable bonds is 6. The number of H-pyrrole nitrogens is 1. The number of hydrogen-bond acceptors (Lipinski definition) is 5. The van der Waals surface area contributed by atoms with Gasteiger partial charge in [-0.15, -0.1) is 5.10 Å². The predicted octanol–water partition coefficient (Wildman–Crippen LogP) is 4.27.